The summed E-state index contributed by atoms with van der Waals surface area (Å²) in [6, 6.07) is 8.21. The standard InChI is InChI=1S/C11H11N3S/c1-8-6-7-14(13-8)11-12-9-4-2-3-5-10(9)15-11/h2-5H,6-7H2,1H3. The van der Waals surface area contributed by atoms with Crippen molar-refractivity contribution in [2.75, 3.05) is 11.6 Å². The van der Waals surface area contributed by atoms with E-state index in [2.05, 4.69) is 23.1 Å². The summed E-state index contributed by atoms with van der Waals surface area (Å²) in [5.74, 6) is 0. The van der Waals surface area contributed by atoms with Gasteiger partial charge in [-0.1, -0.05) is 23.5 Å². The van der Waals surface area contributed by atoms with E-state index in [0.29, 0.717) is 0 Å². The minimum absolute atomic E-state index is 0.964. The van der Waals surface area contributed by atoms with Gasteiger partial charge < -0.3 is 0 Å². The Labute approximate surface area is 92.1 Å². The normalized spacial score (nSPS) is 16.1. The lowest BCUT2D eigenvalue weighted by molar-refractivity contribution is 0.916. The summed E-state index contributed by atoms with van der Waals surface area (Å²) >= 11 is 1.70. The predicted molar refractivity (Wildman–Crippen MR) is 64.7 cm³/mol. The Hall–Kier alpha value is -1.42. The Morgan fingerprint density at radius 3 is 2.93 bits per heavy atom. The topological polar surface area (TPSA) is 28.5 Å². The highest BCUT2D eigenvalue weighted by Crippen LogP contribution is 2.30. The van der Waals surface area contributed by atoms with Crippen molar-refractivity contribution in [2.24, 2.45) is 5.10 Å². The Bertz CT molecular complexity index is 496. The number of fused-ring (bicyclic) bond motifs is 1. The molecule has 0 bridgehead atoms. The van der Waals surface area contributed by atoms with Crippen molar-refractivity contribution >= 4 is 32.4 Å². The van der Waals surface area contributed by atoms with Crippen molar-refractivity contribution in [1.82, 2.24) is 4.98 Å². The largest absolute Gasteiger partial charge is 0.239 e. The monoisotopic (exact) mass is 217 g/mol. The first kappa shape index (κ1) is 8.85. The Balaban J connectivity index is 2.05. The first-order chi connectivity index (χ1) is 7.33. The number of aromatic nitrogens is 1. The van der Waals surface area contributed by atoms with Crippen molar-refractivity contribution < 1.29 is 0 Å². The van der Waals surface area contributed by atoms with E-state index in [4.69, 9.17) is 0 Å². The van der Waals surface area contributed by atoms with Crippen LogP contribution in [0.25, 0.3) is 10.2 Å². The molecule has 0 atom stereocenters. The molecule has 2 aromatic rings. The first-order valence-corrected chi connectivity index (χ1v) is 5.82. The van der Waals surface area contributed by atoms with Crippen LogP contribution in [0.5, 0.6) is 0 Å². The third kappa shape index (κ3) is 1.51. The molecule has 4 heteroatoms. The molecule has 1 aliphatic rings. The number of hydrogen-bond acceptors (Lipinski definition) is 4. The Morgan fingerprint density at radius 2 is 2.20 bits per heavy atom. The molecule has 0 saturated carbocycles. The van der Waals surface area contributed by atoms with Gasteiger partial charge in [0.25, 0.3) is 0 Å². The van der Waals surface area contributed by atoms with E-state index in [-0.39, 0.29) is 0 Å². The second kappa shape index (κ2) is 3.31. The van der Waals surface area contributed by atoms with E-state index in [9.17, 15) is 0 Å². The number of nitrogens with zero attached hydrogens (tertiary/aromatic N) is 3. The van der Waals surface area contributed by atoms with Gasteiger partial charge in [0.15, 0.2) is 0 Å². The fraction of sp³-hybridized carbons (Fsp3) is 0.273. The van der Waals surface area contributed by atoms with Crippen LogP contribution in [0, 0.1) is 0 Å². The van der Waals surface area contributed by atoms with Crippen LogP contribution in [0.1, 0.15) is 13.3 Å². The molecule has 0 fully saturated rings. The Kier molecular flexibility index (Phi) is 1.95. The van der Waals surface area contributed by atoms with E-state index in [1.807, 2.05) is 23.2 Å². The van der Waals surface area contributed by atoms with Gasteiger partial charge in [-0.3, -0.25) is 0 Å². The van der Waals surface area contributed by atoms with Crippen molar-refractivity contribution in [3.8, 4) is 0 Å². The molecule has 1 aliphatic heterocycles. The summed E-state index contributed by atoms with van der Waals surface area (Å²) < 4.78 is 1.23. The molecule has 0 N–H and O–H groups in total. The van der Waals surface area contributed by atoms with Crippen molar-refractivity contribution in [1.29, 1.82) is 0 Å². The average molecular weight is 217 g/mol. The van der Waals surface area contributed by atoms with E-state index in [1.54, 1.807) is 11.3 Å². The summed E-state index contributed by atoms with van der Waals surface area (Å²) in [7, 11) is 0. The molecule has 1 aromatic heterocycles. The molecule has 0 amide bonds. The maximum absolute atomic E-state index is 4.57. The van der Waals surface area contributed by atoms with Gasteiger partial charge in [-0.05, 0) is 19.1 Å². The summed E-state index contributed by atoms with van der Waals surface area (Å²) in [6.07, 6.45) is 1.05. The minimum Gasteiger partial charge on any atom is -0.239 e. The fourth-order valence-corrected chi connectivity index (χ4v) is 2.63. The molecule has 0 saturated heterocycles. The lowest BCUT2D eigenvalue weighted by Crippen LogP contribution is -2.10. The molecule has 76 valence electrons. The van der Waals surface area contributed by atoms with E-state index >= 15 is 0 Å². The van der Waals surface area contributed by atoms with Gasteiger partial charge in [0.1, 0.15) is 0 Å². The van der Waals surface area contributed by atoms with E-state index in [0.717, 1.165) is 23.6 Å². The highest BCUT2D eigenvalue weighted by Gasteiger charge is 2.16. The number of anilines is 1. The van der Waals surface area contributed by atoms with Crippen LogP contribution < -0.4 is 5.01 Å². The third-order valence-corrected chi connectivity index (χ3v) is 3.53. The van der Waals surface area contributed by atoms with Gasteiger partial charge in [0, 0.05) is 18.7 Å². The highest BCUT2D eigenvalue weighted by molar-refractivity contribution is 7.22. The minimum atomic E-state index is 0.964. The van der Waals surface area contributed by atoms with E-state index in [1.165, 1.54) is 10.4 Å². The van der Waals surface area contributed by atoms with Crippen LogP contribution in [0.3, 0.4) is 0 Å². The third-order valence-electron chi connectivity index (χ3n) is 2.48. The number of benzene rings is 1. The second-order valence-electron chi connectivity index (χ2n) is 3.67. The lowest BCUT2D eigenvalue weighted by atomic mass is 10.3. The van der Waals surface area contributed by atoms with E-state index < -0.39 is 0 Å². The molecule has 2 heterocycles. The molecular formula is C11H11N3S. The maximum atomic E-state index is 4.57. The van der Waals surface area contributed by atoms with Gasteiger partial charge in [-0.15, -0.1) is 0 Å². The molecule has 3 rings (SSSR count). The molecule has 0 radical (unpaired) electrons. The van der Waals surface area contributed by atoms with Crippen LogP contribution in [-0.2, 0) is 0 Å². The molecule has 1 aromatic carbocycles. The predicted octanol–water partition coefficient (Wildman–Crippen LogP) is 2.88. The summed E-state index contributed by atoms with van der Waals surface area (Å²) in [6.45, 7) is 3.03. The lowest BCUT2D eigenvalue weighted by Gasteiger charge is -2.07. The molecule has 3 nitrogen and oxygen atoms in total. The van der Waals surface area contributed by atoms with Crippen molar-refractivity contribution in [2.45, 2.75) is 13.3 Å². The van der Waals surface area contributed by atoms with Gasteiger partial charge >= 0.3 is 0 Å². The molecular weight excluding hydrogens is 206 g/mol. The fourth-order valence-electron chi connectivity index (χ4n) is 1.68. The van der Waals surface area contributed by atoms with Crippen LogP contribution in [-0.4, -0.2) is 17.2 Å². The van der Waals surface area contributed by atoms with Crippen LogP contribution >= 0.6 is 11.3 Å². The quantitative estimate of drug-likeness (QED) is 0.734. The molecule has 0 spiro atoms. The number of thiazole rings is 1. The van der Waals surface area contributed by atoms with Gasteiger partial charge in [-0.25, -0.2) is 9.99 Å². The van der Waals surface area contributed by atoms with Crippen LogP contribution in [0.15, 0.2) is 29.4 Å². The number of rotatable bonds is 1. The zero-order valence-electron chi connectivity index (χ0n) is 8.47. The highest BCUT2D eigenvalue weighted by atomic mass is 32.1. The zero-order chi connectivity index (χ0) is 10.3. The molecule has 0 unspecified atom stereocenters. The second-order valence-corrected chi connectivity index (χ2v) is 4.68. The maximum Gasteiger partial charge on any atom is 0.207 e. The number of para-hydroxylation sites is 1. The summed E-state index contributed by atoms with van der Waals surface area (Å²) in [5, 5.41) is 7.46. The number of hydrazone groups is 1. The average Bonchev–Trinajstić information content (AvgIpc) is 2.82. The van der Waals surface area contributed by atoms with Gasteiger partial charge in [0.2, 0.25) is 5.13 Å². The first-order valence-electron chi connectivity index (χ1n) is 5.00. The summed E-state index contributed by atoms with van der Waals surface area (Å²) in [5.41, 5.74) is 2.26. The van der Waals surface area contributed by atoms with Crippen molar-refractivity contribution in [3.63, 3.8) is 0 Å². The van der Waals surface area contributed by atoms with Crippen molar-refractivity contribution in [3.05, 3.63) is 24.3 Å². The van der Waals surface area contributed by atoms with Gasteiger partial charge in [0.05, 0.1) is 10.2 Å². The Morgan fingerprint density at radius 1 is 1.33 bits per heavy atom. The summed E-state index contributed by atoms with van der Waals surface area (Å²) in [4.78, 5) is 4.57. The van der Waals surface area contributed by atoms with Crippen LogP contribution in [0.2, 0.25) is 0 Å². The molecule has 15 heavy (non-hydrogen) atoms. The SMILES string of the molecule is CC1=NN(c2nc3ccccc3s2)CC1. The van der Waals surface area contributed by atoms with Crippen LogP contribution in [0.4, 0.5) is 5.13 Å². The zero-order valence-corrected chi connectivity index (χ0v) is 9.29. The van der Waals surface area contributed by atoms with Gasteiger partial charge in [-0.2, -0.15) is 5.10 Å². The molecule has 0 aliphatic carbocycles. The number of hydrogen-bond donors (Lipinski definition) is 0. The smallest absolute Gasteiger partial charge is 0.207 e.